The molecule has 0 amide bonds. The van der Waals surface area contributed by atoms with Crippen molar-refractivity contribution in [3.63, 3.8) is 0 Å². The van der Waals surface area contributed by atoms with Crippen molar-refractivity contribution in [2.45, 2.75) is 38.0 Å². The Balaban J connectivity index is 1.41. The number of allylic oxidation sites excluding steroid dienone is 4. The molecule has 0 aliphatic heterocycles. The van der Waals surface area contributed by atoms with E-state index in [-0.39, 0.29) is 22.8 Å². The molecule has 0 bridgehead atoms. The molecule has 1 unspecified atom stereocenters. The second-order valence-corrected chi connectivity index (χ2v) is 8.14. The second kappa shape index (κ2) is 7.33. The summed E-state index contributed by atoms with van der Waals surface area (Å²) >= 11 is 5.90. The van der Waals surface area contributed by atoms with Crippen molar-refractivity contribution >= 4 is 28.2 Å². The van der Waals surface area contributed by atoms with Crippen LogP contribution in [0.25, 0.3) is 16.6 Å². The van der Waals surface area contributed by atoms with Gasteiger partial charge in [0.05, 0.1) is 0 Å². The lowest BCUT2D eigenvalue weighted by atomic mass is 9.96. The molecule has 2 aliphatic rings. The third-order valence-electron chi connectivity index (χ3n) is 5.52. The minimum Gasteiger partial charge on any atom is -0.327 e. The van der Waals surface area contributed by atoms with Crippen LogP contribution in [0.4, 0.5) is 13.2 Å². The van der Waals surface area contributed by atoms with Gasteiger partial charge < -0.3 is 4.57 Å². The van der Waals surface area contributed by atoms with Gasteiger partial charge in [0, 0.05) is 42.0 Å². The Kier molecular flexibility index (Phi) is 4.73. The molecule has 5 rings (SSSR count). The molecule has 3 aromatic heterocycles. The molecule has 0 saturated heterocycles. The van der Waals surface area contributed by atoms with Gasteiger partial charge >= 0.3 is 6.18 Å². The van der Waals surface area contributed by atoms with Crippen LogP contribution in [0, 0.1) is 5.92 Å². The van der Waals surface area contributed by atoms with Crippen LogP contribution < -0.4 is 5.56 Å². The predicted octanol–water partition coefficient (Wildman–Crippen LogP) is 4.65. The van der Waals surface area contributed by atoms with E-state index in [0.29, 0.717) is 35.4 Å². The zero-order valence-electron chi connectivity index (χ0n) is 16.2. The Hall–Kier alpha value is -2.94. The van der Waals surface area contributed by atoms with Crippen LogP contribution >= 0.6 is 11.6 Å². The first-order chi connectivity index (χ1) is 14.8. The van der Waals surface area contributed by atoms with Crippen LogP contribution in [-0.4, -0.2) is 24.1 Å². The highest BCUT2D eigenvalue weighted by molar-refractivity contribution is 6.28. The van der Waals surface area contributed by atoms with Gasteiger partial charge in [0.2, 0.25) is 5.28 Å². The van der Waals surface area contributed by atoms with Crippen molar-refractivity contribution in [3.05, 3.63) is 69.9 Å². The molecule has 2 aliphatic carbocycles. The fourth-order valence-electron chi connectivity index (χ4n) is 3.80. The second-order valence-electron chi connectivity index (χ2n) is 7.80. The zero-order valence-corrected chi connectivity index (χ0v) is 16.9. The average molecular weight is 448 g/mol. The minimum absolute atomic E-state index is 0.0211. The summed E-state index contributed by atoms with van der Waals surface area (Å²) in [7, 11) is 0. The van der Waals surface area contributed by atoms with E-state index in [1.54, 1.807) is 27.5 Å². The molecule has 6 nitrogen and oxygen atoms in total. The van der Waals surface area contributed by atoms with Crippen molar-refractivity contribution in [1.82, 2.24) is 24.1 Å². The molecule has 1 atom stereocenters. The van der Waals surface area contributed by atoms with Gasteiger partial charge in [-0.2, -0.15) is 18.2 Å². The van der Waals surface area contributed by atoms with Crippen molar-refractivity contribution in [1.29, 1.82) is 0 Å². The highest BCUT2D eigenvalue weighted by Crippen LogP contribution is 2.40. The molecule has 160 valence electrons. The average Bonchev–Trinajstić information content (AvgIpc) is 3.47. The van der Waals surface area contributed by atoms with Gasteiger partial charge in [0.25, 0.3) is 5.56 Å². The van der Waals surface area contributed by atoms with Crippen LogP contribution in [0.2, 0.25) is 5.28 Å². The number of aromatic nitrogens is 5. The molecule has 1 fully saturated rings. The number of imidazole rings is 1. The maximum Gasteiger partial charge on any atom is 0.434 e. The Labute approximate surface area is 179 Å². The summed E-state index contributed by atoms with van der Waals surface area (Å²) in [4.78, 5) is 24.4. The van der Waals surface area contributed by atoms with Crippen molar-refractivity contribution in [2.75, 3.05) is 0 Å². The van der Waals surface area contributed by atoms with Gasteiger partial charge in [-0.05, 0) is 42.8 Å². The number of nitrogens with zero attached hydrogens (tertiary/aromatic N) is 5. The first-order valence-corrected chi connectivity index (χ1v) is 10.2. The zero-order chi connectivity index (χ0) is 21.8. The Morgan fingerprint density at radius 2 is 2.00 bits per heavy atom. The van der Waals surface area contributed by atoms with Crippen molar-refractivity contribution in [3.8, 4) is 0 Å². The molecule has 3 heterocycles. The molecule has 0 spiro atoms. The molecule has 1 saturated carbocycles. The topological polar surface area (TPSA) is 65.6 Å². The van der Waals surface area contributed by atoms with E-state index in [9.17, 15) is 18.0 Å². The lowest BCUT2D eigenvalue weighted by Crippen LogP contribution is -2.24. The van der Waals surface area contributed by atoms with Crippen LogP contribution in [0.1, 0.15) is 36.8 Å². The number of pyridine rings is 1. The maximum atomic E-state index is 13.2. The summed E-state index contributed by atoms with van der Waals surface area (Å²) in [6, 6.07) is 3.18. The quantitative estimate of drug-likeness (QED) is 0.546. The summed E-state index contributed by atoms with van der Waals surface area (Å²) < 4.78 is 42.7. The molecule has 0 aromatic carbocycles. The number of halogens is 4. The Morgan fingerprint density at radius 3 is 2.68 bits per heavy atom. The third kappa shape index (κ3) is 3.89. The summed E-state index contributed by atoms with van der Waals surface area (Å²) in [5, 5.41) is 0.756. The number of rotatable bonds is 4. The van der Waals surface area contributed by atoms with Crippen LogP contribution in [0.5, 0.6) is 0 Å². The number of fused-ring (bicyclic) bond motifs is 1. The van der Waals surface area contributed by atoms with Gasteiger partial charge in [0.1, 0.15) is 11.5 Å². The summed E-state index contributed by atoms with van der Waals surface area (Å²) in [5.74, 6) is 0.318. The third-order valence-corrected chi connectivity index (χ3v) is 5.70. The SMILES string of the molecule is O=c1ccc2cnc(Cl)nc2n1CC1C=CC(c2nc(C(F)(F)F)cn2C2CC2)=CC1. The summed E-state index contributed by atoms with van der Waals surface area (Å²) in [5.41, 5.74) is 0.0401. The van der Waals surface area contributed by atoms with Crippen LogP contribution in [0.15, 0.2) is 47.5 Å². The van der Waals surface area contributed by atoms with E-state index in [1.165, 1.54) is 6.07 Å². The fraction of sp³-hybridized carbons (Fsp3) is 0.333. The lowest BCUT2D eigenvalue weighted by molar-refractivity contribution is -0.141. The smallest absolute Gasteiger partial charge is 0.327 e. The van der Waals surface area contributed by atoms with Gasteiger partial charge in [-0.1, -0.05) is 18.2 Å². The fourth-order valence-corrected chi connectivity index (χ4v) is 3.93. The van der Waals surface area contributed by atoms with E-state index in [2.05, 4.69) is 15.0 Å². The van der Waals surface area contributed by atoms with E-state index in [4.69, 9.17) is 11.6 Å². The lowest BCUT2D eigenvalue weighted by Gasteiger charge is -2.18. The molecular formula is C21H17ClF3N5O. The Bertz CT molecular complexity index is 1290. The van der Waals surface area contributed by atoms with Crippen LogP contribution in [-0.2, 0) is 12.7 Å². The largest absolute Gasteiger partial charge is 0.434 e. The summed E-state index contributed by atoms with van der Waals surface area (Å²) in [6.07, 6.45) is 6.03. The predicted molar refractivity (Wildman–Crippen MR) is 110 cm³/mol. The normalized spacial score (nSPS) is 19.1. The van der Waals surface area contributed by atoms with E-state index in [0.717, 1.165) is 19.0 Å². The van der Waals surface area contributed by atoms with E-state index >= 15 is 0 Å². The van der Waals surface area contributed by atoms with Gasteiger partial charge in [0.15, 0.2) is 5.69 Å². The minimum atomic E-state index is -4.48. The van der Waals surface area contributed by atoms with E-state index < -0.39 is 11.9 Å². The van der Waals surface area contributed by atoms with Crippen molar-refractivity contribution < 1.29 is 13.2 Å². The monoisotopic (exact) mass is 447 g/mol. The highest BCUT2D eigenvalue weighted by Gasteiger charge is 2.37. The first-order valence-electron chi connectivity index (χ1n) is 9.86. The molecule has 31 heavy (non-hydrogen) atoms. The number of hydrogen-bond donors (Lipinski definition) is 0. The van der Waals surface area contributed by atoms with Gasteiger partial charge in [-0.25, -0.2) is 9.97 Å². The number of alkyl halides is 3. The molecule has 10 heteroatoms. The first kappa shape index (κ1) is 20.0. The number of hydrogen-bond acceptors (Lipinski definition) is 4. The van der Waals surface area contributed by atoms with Gasteiger partial charge in [-0.3, -0.25) is 9.36 Å². The van der Waals surface area contributed by atoms with E-state index in [1.807, 2.05) is 12.2 Å². The standard InChI is InChI=1S/C21H17ClF3N5O/c22-20-26-9-14-5-8-17(31)30(19(14)28-20)10-12-1-3-13(4-2-12)18-27-16(21(23,24)25)11-29(18)15-6-7-15/h1,3-5,8-9,11-12,15H,2,6-7,10H2. The summed E-state index contributed by atoms with van der Waals surface area (Å²) in [6.45, 7) is 0.370. The molecule has 0 radical (unpaired) electrons. The molecular weight excluding hydrogens is 431 g/mol. The van der Waals surface area contributed by atoms with Crippen LogP contribution in [0.3, 0.4) is 0 Å². The molecule has 0 N–H and O–H groups in total. The van der Waals surface area contributed by atoms with Crippen molar-refractivity contribution in [2.24, 2.45) is 5.92 Å². The maximum absolute atomic E-state index is 13.2. The molecule has 3 aromatic rings. The highest BCUT2D eigenvalue weighted by atomic mass is 35.5. The van der Waals surface area contributed by atoms with Gasteiger partial charge in [-0.15, -0.1) is 0 Å². The Morgan fingerprint density at radius 1 is 1.19 bits per heavy atom.